The van der Waals surface area contributed by atoms with Crippen LogP contribution >= 0.6 is 23.2 Å². The fourth-order valence-electron chi connectivity index (χ4n) is 1.25. The second-order valence-electron chi connectivity index (χ2n) is 3.21. The van der Waals surface area contributed by atoms with Gasteiger partial charge in [-0.05, 0) is 18.2 Å². The zero-order valence-electron chi connectivity index (χ0n) is 9.15. The molecule has 0 aliphatic rings. The first-order valence-electron chi connectivity index (χ1n) is 4.82. The van der Waals surface area contributed by atoms with Crippen molar-refractivity contribution in [2.24, 2.45) is 0 Å². The highest BCUT2D eigenvalue weighted by Crippen LogP contribution is 2.26. The molecule has 3 nitrogen and oxygen atoms in total. The first-order chi connectivity index (χ1) is 7.93. The molecule has 0 aliphatic heterocycles. The van der Waals surface area contributed by atoms with Crippen molar-refractivity contribution in [1.82, 2.24) is 4.31 Å². The molecule has 1 rings (SSSR count). The van der Waals surface area contributed by atoms with Crippen molar-refractivity contribution in [2.75, 3.05) is 13.1 Å². The number of hydrogen-bond acceptors (Lipinski definition) is 2. The van der Waals surface area contributed by atoms with Gasteiger partial charge in [0.2, 0.25) is 10.0 Å². The molecule has 0 fully saturated rings. The third-order valence-electron chi connectivity index (χ3n) is 2.15. The standard InChI is InChI=1S/C11H11Cl2NO2S/c1-3-7-14(4-2)17(15,16)9-5-6-10(12)11(13)8-9/h1,5-6,8H,4,7H2,2H3. The Hall–Kier alpha value is -0.730. The second-order valence-corrected chi connectivity index (χ2v) is 5.96. The van der Waals surface area contributed by atoms with Gasteiger partial charge < -0.3 is 0 Å². The summed E-state index contributed by atoms with van der Waals surface area (Å²) in [7, 11) is -3.60. The van der Waals surface area contributed by atoms with Crippen LogP contribution in [-0.2, 0) is 10.0 Å². The van der Waals surface area contributed by atoms with Crippen LogP contribution < -0.4 is 0 Å². The van der Waals surface area contributed by atoms with Gasteiger partial charge in [-0.15, -0.1) is 6.42 Å². The smallest absolute Gasteiger partial charge is 0.207 e. The lowest BCUT2D eigenvalue weighted by Crippen LogP contribution is -2.31. The van der Waals surface area contributed by atoms with Crippen LogP contribution in [0.2, 0.25) is 10.0 Å². The Kier molecular flexibility index (Phi) is 4.84. The summed E-state index contributed by atoms with van der Waals surface area (Å²) >= 11 is 11.5. The Morgan fingerprint density at radius 1 is 1.35 bits per heavy atom. The number of terminal acetylenes is 1. The van der Waals surface area contributed by atoms with Gasteiger partial charge in [-0.1, -0.05) is 36.0 Å². The lowest BCUT2D eigenvalue weighted by Gasteiger charge is -2.17. The quantitative estimate of drug-likeness (QED) is 0.800. The van der Waals surface area contributed by atoms with E-state index in [9.17, 15) is 8.42 Å². The van der Waals surface area contributed by atoms with Gasteiger partial charge in [-0.25, -0.2) is 8.42 Å². The first kappa shape index (κ1) is 14.3. The van der Waals surface area contributed by atoms with Crippen LogP contribution in [0, 0.1) is 12.3 Å². The van der Waals surface area contributed by atoms with Crippen LogP contribution in [0.3, 0.4) is 0 Å². The van der Waals surface area contributed by atoms with Gasteiger partial charge in [0.05, 0.1) is 21.5 Å². The second kappa shape index (κ2) is 5.74. The largest absolute Gasteiger partial charge is 0.243 e. The van der Waals surface area contributed by atoms with Crippen LogP contribution in [0.25, 0.3) is 0 Å². The van der Waals surface area contributed by atoms with Crippen molar-refractivity contribution in [3.8, 4) is 12.3 Å². The molecule has 0 saturated carbocycles. The van der Waals surface area contributed by atoms with E-state index >= 15 is 0 Å². The Bertz CT molecular complexity index is 549. The zero-order chi connectivity index (χ0) is 13.1. The summed E-state index contributed by atoms with van der Waals surface area (Å²) in [5.41, 5.74) is 0. The molecule has 6 heteroatoms. The fraction of sp³-hybridized carbons (Fsp3) is 0.273. The van der Waals surface area contributed by atoms with Gasteiger partial charge in [0.15, 0.2) is 0 Å². The topological polar surface area (TPSA) is 37.4 Å². The van der Waals surface area contributed by atoms with Gasteiger partial charge >= 0.3 is 0 Å². The molecule has 0 aliphatic carbocycles. The van der Waals surface area contributed by atoms with Crippen LogP contribution in [0.15, 0.2) is 23.1 Å². The molecule has 0 radical (unpaired) electrons. The van der Waals surface area contributed by atoms with Gasteiger partial charge in [0.25, 0.3) is 0 Å². The summed E-state index contributed by atoms with van der Waals surface area (Å²) < 4.78 is 25.5. The molecule has 0 N–H and O–H groups in total. The fourth-order valence-corrected chi connectivity index (χ4v) is 3.01. The molecule has 0 unspecified atom stereocenters. The van der Waals surface area contributed by atoms with E-state index in [4.69, 9.17) is 29.6 Å². The number of nitrogens with zero attached hydrogens (tertiary/aromatic N) is 1. The molecule has 0 aromatic heterocycles. The highest BCUT2D eigenvalue weighted by molar-refractivity contribution is 7.89. The van der Waals surface area contributed by atoms with Crippen molar-refractivity contribution in [3.05, 3.63) is 28.2 Å². The molecule has 0 amide bonds. The van der Waals surface area contributed by atoms with Crippen LogP contribution in [0.5, 0.6) is 0 Å². The maximum absolute atomic E-state index is 12.1. The molecule has 17 heavy (non-hydrogen) atoms. The van der Waals surface area contributed by atoms with Gasteiger partial charge in [0, 0.05) is 6.54 Å². The summed E-state index contributed by atoms with van der Waals surface area (Å²) in [4.78, 5) is 0.0870. The molecular weight excluding hydrogens is 281 g/mol. The Labute approximate surface area is 111 Å². The highest BCUT2D eigenvalue weighted by Gasteiger charge is 2.22. The van der Waals surface area contributed by atoms with Gasteiger partial charge in [-0.3, -0.25) is 0 Å². The van der Waals surface area contributed by atoms with Crippen molar-refractivity contribution in [3.63, 3.8) is 0 Å². The number of hydrogen-bond donors (Lipinski definition) is 0. The van der Waals surface area contributed by atoms with Crippen molar-refractivity contribution >= 4 is 33.2 Å². The van der Waals surface area contributed by atoms with Crippen molar-refractivity contribution in [1.29, 1.82) is 0 Å². The number of benzene rings is 1. The minimum Gasteiger partial charge on any atom is -0.207 e. The number of sulfonamides is 1. The Balaban J connectivity index is 3.21. The maximum Gasteiger partial charge on any atom is 0.243 e. The van der Waals surface area contributed by atoms with Crippen molar-refractivity contribution in [2.45, 2.75) is 11.8 Å². The third kappa shape index (κ3) is 3.14. The molecule has 0 atom stereocenters. The van der Waals surface area contributed by atoms with E-state index in [0.29, 0.717) is 11.6 Å². The molecule has 92 valence electrons. The van der Waals surface area contributed by atoms with Crippen molar-refractivity contribution < 1.29 is 8.42 Å². The SMILES string of the molecule is C#CCN(CC)S(=O)(=O)c1ccc(Cl)c(Cl)c1. The minimum absolute atomic E-state index is 0.0269. The van der Waals surface area contributed by atoms with E-state index in [-0.39, 0.29) is 16.5 Å². The molecule has 0 bridgehead atoms. The van der Waals surface area contributed by atoms with E-state index in [2.05, 4.69) is 5.92 Å². The molecule has 1 aromatic rings. The number of rotatable bonds is 4. The average molecular weight is 292 g/mol. The van der Waals surface area contributed by atoms with E-state index < -0.39 is 10.0 Å². The Morgan fingerprint density at radius 2 is 2.00 bits per heavy atom. The normalized spacial score (nSPS) is 11.5. The van der Waals surface area contributed by atoms with Gasteiger partial charge in [0.1, 0.15) is 0 Å². The zero-order valence-corrected chi connectivity index (χ0v) is 11.5. The maximum atomic E-state index is 12.1. The Morgan fingerprint density at radius 3 is 2.47 bits per heavy atom. The molecule has 0 spiro atoms. The minimum atomic E-state index is -3.60. The van der Waals surface area contributed by atoms with Crippen LogP contribution in [-0.4, -0.2) is 25.8 Å². The average Bonchev–Trinajstić information content (AvgIpc) is 2.29. The predicted molar refractivity (Wildman–Crippen MR) is 69.7 cm³/mol. The highest BCUT2D eigenvalue weighted by atomic mass is 35.5. The number of halogens is 2. The van der Waals surface area contributed by atoms with E-state index in [1.165, 1.54) is 22.5 Å². The predicted octanol–water partition coefficient (Wildman–Crippen LogP) is 2.64. The summed E-state index contributed by atoms with van der Waals surface area (Å²) in [6.45, 7) is 2.04. The summed E-state index contributed by atoms with van der Waals surface area (Å²) in [6.07, 6.45) is 5.13. The van der Waals surface area contributed by atoms with Crippen LogP contribution in [0.4, 0.5) is 0 Å². The van der Waals surface area contributed by atoms with Crippen LogP contribution in [0.1, 0.15) is 6.92 Å². The summed E-state index contributed by atoms with van der Waals surface area (Å²) in [6, 6.07) is 4.17. The monoisotopic (exact) mass is 291 g/mol. The van der Waals surface area contributed by atoms with Gasteiger partial charge in [-0.2, -0.15) is 4.31 Å². The molecule has 0 saturated heterocycles. The summed E-state index contributed by atoms with van der Waals surface area (Å²) in [5, 5.41) is 0.509. The van der Waals surface area contributed by atoms with E-state index in [0.717, 1.165) is 0 Å². The lowest BCUT2D eigenvalue weighted by molar-refractivity contribution is 0.464. The molecular formula is C11H11Cl2NO2S. The summed E-state index contributed by atoms with van der Waals surface area (Å²) in [5.74, 6) is 2.31. The molecule has 0 heterocycles. The first-order valence-corrected chi connectivity index (χ1v) is 7.01. The third-order valence-corrected chi connectivity index (χ3v) is 4.81. The van der Waals surface area contributed by atoms with E-state index in [1.807, 2.05) is 0 Å². The molecule has 1 aromatic carbocycles. The lowest BCUT2D eigenvalue weighted by atomic mass is 10.4. The van der Waals surface area contributed by atoms with E-state index in [1.54, 1.807) is 6.92 Å².